The highest BCUT2D eigenvalue weighted by Gasteiger charge is 2.44. The van der Waals surface area contributed by atoms with E-state index < -0.39 is 11.2 Å². The molecule has 31 heavy (non-hydrogen) atoms. The molecule has 2 saturated heterocycles. The molecule has 5 rings (SSSR count). The molecular weight excluding hydrogens is 400 g/mol. The van der Waals surface area contributed by atoms with Gasteiger partial charge in [0.15, 0.2) is 11.2 Å². The highest BCUT2D eigenvalue weighted by atomic mass is 16.5. The monoisotopic (exact) mass is 424 g/mol. The molecule has 3 aromatic rings. The van der Waals surface area contributed by atoms with Crippen LogP contribution in [0, 0.1) is 0 Å². The van der Waals surface area contributed by atoms with E-state index in [-0.39, 0.29) is 41.8 Å². The molecule has 2 atom stereocenters. The first-order valence-electron chi connectivity index (χ1n) is 10.4. The van der Waals surface area contributed by atoms with Gasteiger partial charge in [-0.05, 0) is 18.9 Å². The molecule has 1 amide bonds. The number of carbonyl (C=O) groups excluding carboxylic acids is 1. The van der Waals surface area contributed by atoms with E-state index >= 15 is 0 Å². The second-order valence-electron chi connectivity index (χ2n) is 8.32. The number of piperidine rings is 1. The quantitative estimate of drug-likeness (QED) is 0.602. The zero-order valence-electron chi connectivity index (χ0n) is 17.5. The van der Waals surface area contributed by atoms with Gasteiger partial charge in [-0.1, -0.05) is 6.07 Å². The molecule has 2 aliphatic rings. The van der Waals surface area contributed by atoms with Crippen molar-refractivity contribution in [1.82, 2.24) is 28.6 Å². The Morgan fingerprint density at radius 2 is 1.84 bits per heavy atom. The number of ether oxygens (including phenoxy) is 1. The van der Waals surface area contributed by atoms with Crippen molar-refractivity contribution in [2.75, 3.05) is 0 Å². The summed E-state index contributed by atoms with van der Waals surface area (Å²) in [6, 6.07) is 5.81. The van der Waals surface area contributed by atoms with Crippen molar-refractivity contribution >= 4 is 17.1 Å². The van der Waals surface area contributed by atoms with Gasteiger partial charge in [-0.25, -0.2) is 14.8 Å². The minimum absolute atomic E-state index is 0.0166. The Hall–Kier alpha value is -3.43. The molecule has 2 unspecified atom stereocenters. The number of fused-ring (bicyclic) bond motifs is 3. The van der Waals surface area contributed by atoms with Crippen LogP contribution in [0.5, 0.6) is 5.88 Å². The lowest BCUT2D eigenvalue weighted by Gasteiger charge is -2.38. The summed E-state index contributed by atoms with van der Waals surface area (Å²) in [5, 5.41) is 0. The first-order valence-corrected chi connectivity index (χ1v) is 10.4. The van der Waals surface area contributed by atoms with Crippen LogP contribution in [0.25, 0.3) is 11.2 Å². The first kappa shape index (κ1) is 19.5. The molecule has 0 aromatic carbocycles. The molecule has 0 saturated carbocycles. The zero-order valence-corrected chi connectivity index (χ0v) is 17.5. The molecule has 5 heterocycles. The van der Waals surface area contributed by atoms with E-state index in [1.54, 1.807) is 17.8 Å². The van der Waals surface area contributed by atoms with Crippen LogP contribution in [0.3, 0.4) is 0 Å². The minimum atomic E-state index is -0.450. The first-order chi connectivity index (χ1) is 14.9. The van der Waals surface area contributed by atoms with Crippen molar-refractivity contribution in [3.05, 3.63) is 51.6 Å². The molecule has 3 aromatic heterocycles. The van der Waals surface area contributed by atoms with Crippen LogP contribution in [0.2, 0.25) is 0 Å². The van der Waals surface area contributed by atoms with Gasteiger partial charge in [0, 0.05) is 51.3 Å². The van der Waals surface area contributed by atoms with Crippen molar-refractivity contribution in [2.45, 2.75) is 50.4 Å². The lowest BCUT2D eigenvalue weighted by Crippen LogP contribution is -2.50. The average molecular weight is 424 g/mol. The van der Waals surface area contributed by atoms with Crippen molar-refractivity contribution in [3.63, 3.8) is 0 Å². The number of imidazole rings is 1. The molecule has 10 heteroatoms. The molecule has 2 aliphatic heterocycles. The summed E-state index contributed by atoms with van der Waals surface area (Å²) < 4.78 is 9.95. The van der Waals surface area contributed by atoms with Crippen LogP contribution in [0.15, 0.2) is 40.3 Å². The van der Waals surface area contributed by atoms with Gasteiger partial charge in [-0.2, -0.15) is 0 Å². The van der Waals surface area contributed by atoms with Gasteiger partial charge in [0.2, 0.25) is 11.8 Å². The van der Waals surface area contributed by atoms with Gasteiger partial charge in [0.25, 0.3) is 5.56 Å². The summed E-state index contributed by atoms with van der Waals surface area (Å²) >= 11 is 0. The maximum atomic E-state index is 13.2. The smallest absolute Gasteiger partial charge is 0.332 e. The second-order valence-corrected chi connectivity index (χ2v) is 8.32. The number of aryl methyl sites for hydroxylation is 1. The molecule has 2 bridgehead atoms. The predicted molar refractivity (Wildman–Crippen MR) is 112 cm³/mol. The summed E-state index contributed by atoms with van der Waals surface area (Å²) in [5.41, 5.74) is -0.346. The summed E-state index contributed by atoms with van der Waals surface area (Å²) in [6.45, 7) is 0.0166. The van der Waals surface area contributed by atoms with Crippen molar-refractivity contribution in [2.24, 2.45) is 14.1 Å². The van der Waals surface area contributed by atoms with Crippen molar-refractivity contribution < 1.29 is 9.53 Å². The third kappa shape index (κ3) is 3.22. The number of carbonyl (C=O) groups is 1. The normalized spacial score (nSPS) is 22.8. The average Bonchev–Trinajstić information content (AvgIpc) is 3.30. The Morgan fingerprint density at radius 1 is 1.10 bits per heavy atom. The Labute approximate surface area is 177 Å². The lowest BCUT2D eigenvalue weighted by molar-refractivity contribution is -0.137. The molecule has 0 spiro atoms. The summed E-state index contributed by atoms with van der Waals surface area (Å²) in [7, 11) is 2.99. The number of rotatable bonds is 4. The third-order valence-corrected chi connectivity index (χ3v) is 6.43. The van der Waals surface area contributed by atoms with Crippen LogP contribution < -0.4 is 16.0 Å². The van der Waals surface area contributed by atoms with E-state index in [2.05, 4.69) is 9.97 Å². The van der Waals surface area contributed by atoms with E-state index in [4.69, 9.17) is 4.74 Å². The number of hydrogen-bond acceptors (Lipinski definition) is 6. The fraction of sp³-hybridized carbons (Fsp3) is 0.476. The van der Waals surface area contributed by atoms with Gasteiger partial charge < -0.3 is 14.2 Å². The van der Waals surface area contributed by atoms with E-state index in [1.165, 1.54) is 17.9 Å². The molecule has 0 aliphatic carbocycles. The molecule has 2 fully saturated rings. The van der Waals surface area contributed by atoms with E-state index in [0.29, 0.717) is 5.88 Å². The Balaban J connectivity index is 1.35. The van der Waals surface area contributed by atoms with Crippen LogP contribution in [-0.4, -0.2) is 52.7 Å². The standard InChI is InChI=1S/C21H24N6O4/c1-24-19-18(20(29)25(2)21(24)30)26(12-23-19)11-17(28)27-13-6-7-14(27)10-15(9-13)31-16-5-3-4-8-22-16/h3-5,8,12-15H,6-7,9-11H2,1-2H3. The largest absolute Gasteiger partial charge is 0.474 e. The molecule has 10 nitrogen and oxygen atoms in total. The fourth-order valence-corrected chi connectivity index (χ4v) is 4.96. The van der Waals surface area contributed by atoms with Crippen molar-refractivity contribution in [1.29, 1.82) is 0 Å². The number of pyridine rings is 1. The van der Waals surface area contributed by atoms with Crippen LogP contribution in [0.4, 0.5) is 0 Å². The molecule has 0 N–H and O–H groups in total. The predicted octanol–water partition coefficient (Wildman–Crippen LogP) is 0.430. The van der Waals surface area contributed by atoms with Gasteiger partial charge in [-0.3, -0.25) is 18.7 Å². The summed E-state index contributed by atoms with van der Waals surface area (Å²) in [5.74, 6) is 0.567. The number of aromatic nitrogens is 5. The van der Waals surface area contributed by atoms with Gasteiger partial charge in [-0.15, -0.1) is 0 Å². The maximum Gasteiger partial charge on any atom is 0.332 e. The highest BCUT2D eigenvalue weighted by molar-refractivity contribution is 5.80. The topological polar surface area (TPSA) is 104 Å². The Kier molecular flexibility index (Phi) is 4.64. The van der Waals surface area contributed by atoms with Crippen LogP contribution >= 0.6 is 0 Å². The molecular formula is C21H24N6O4. The lowest BCUT2D eigenvalue weighted by atomic mass is 9.99. The minimum Gasteiger partial charge on any atom is -0.474 e. The Bertz CT molecular complexity index is 1250. The number of amides is 1. The van der Waals surface area contributed by atoms with Crippen LogP contribution in [0.1, 0.15) is 25.7 Å². The summed E-state index contributed by atoms with van der Waals surface area (Å²) in [4.78, 5) is 48.4. The third-order valence-electron chi connectivity index (χ3n) is 6.43. The SMILES string of the molecule is Cn1c(=O)c2c(ncn2CC(=O)N2C3CCC2CC(Oc2ccccn2)C3)n(C)c1=O. The number of hydrogen-bond donors (Lipinski definition) is 0. The zero-order chi connectivity index (χ0) is 21.7. The molecule has 162 valence electrons. The van der Waals surface area contributed by atoms with Gasteiger partial charge >= 0.3 is 5.69 Å². The Morgan fingerprint density at radius 3 is 2.52 bits per heavy atom. The van der Waals surface area contributed by atoms with Gasteiger partial charge in [0.1, 0.15) is 12.6 Å². The van der Waals surface area contributed by atoms with E-state index in [0.717, 1.165) is 30.3 Å². The second kappa shape index (κ2) is 7.36. The molecule has 0 radical (unpaired) electrons. The van der Waals surface area contributed by atoms with E-state index in [9.17, 15) is 14.4 Å². The van der Waals surface area contributed by atoms with Crippen molar-refractivity contribution in [3.8, 4) is 5.88 Å². The fourth-order valence-electron chi connectivity index (χ4n) is 4.96. The van der Waals surface area contributed by atoms with Gasteiger partial charge in [0.05, 0.1) is 6.33 Å². The number of nitrogens with zero attached hydrogens (tertiary/aromatic N) is 6. The summed E-state index contributed by atoms with van der Waals surface area (Å²) in [6.07, 6.45) is 6.62. The maximum absolute atomic E-state index is 13.2. The highest BCUT2D eigenvalue weighted by Crippen LogP contribution is 2.37. The van der Waals surface area contributed by atoms with Crippen LogP contribution in [-0.2, 0) is 25.4 Å². The van der Waals surface area contributed by atoms with E-state index in [1.807, 2.05) is 23.1 Å².